The molecule has 0 heterocycles. The number of ether oxygens (including phenoxy) is 2. The summed E-state index contributed by atoms with van der Waals surface area (Å²) in [5.74, 6) is 0.129. The van der Waals surface area contributed by atoms with Gasteiger partial charge in [-0.3, -0.25) is 20.2 Å². The van der Waals surface area contributed by atoms with E-state index in [9.17, 15) is 9.59 Å². The fraction of sp³-hybridized carbons (Fsp3) is 0.154. The summed E-state index contributed by atoms with van der Waals surface area (Å²) in [5, 5.41) is 11.4. The molecule has 0 fully saturated rings. The Bertz CT molecular complexity index is 1120. The largest absolute Gasteiger partial charge is 0.484 e. The van der Waals surface area contributed by atoms with Crippen molar-refractivity contribution in [2.45, 2.75) is 13.8 Å². The Morgan fingerprint density at radius 3 is 1.28 bits per heavy atom. The van der Waals surface area contributed by atoms with Crippen molar-refractivity contribution < 1.29 is 19.1 Å². The highest BCUT2D eigenvalue weighted by molar-refractivity contribution is 7.80. The number of benzene rings is 3. The minimum absolute atomic E-state index is 0.183. The van der Waals surface area contributed by atoms with Crippen molar-refractivity contribution in [1.82, 2.24) is 10.6 Å². The summed E-state index contributed by atoms with van der Waals surface area (Å²) < 4.78 is 10.9. The van der Waals surface area contributed by atoms with Crippen LogP contribution in [0.5, 0.6) is 11.5 Å². The van der Waals surface area contributed by atoms with E-state index in [1.54, 1.807) is 24.3 Å². The molecule has 0 aliphatic rings. The zero-order chi connectivity index (χ0) is 25.9. The van der Waals surface area contributed by atoms with Gasteiger partial charge in [0.25, 0.3) is 11.8 Å². The lowest BCUT2D eigenvalue weighted by molar-refractivity contribution is -0.122. The van der Waals surface area contributed by atoms with Crippen LogP contribution in [-0.2, 0) is 9.59 Å². The Morgan fingerprint density at radius 1 is 0.611 bits per heavy atom. The van der Waals surface area contributed by atoms with E-state index >= 15 is 0 Å². The number of aryl methyl sites for hydroxylation is 2. The summed E-state index contributed by atoms with van der Waals surface area (Å²) in [6.45, 7) is 3.53. The van der Waals surface area contributed by atoms with Crippen LogP contribution >= 0.6 is 24.4 Å². The van der Waals surface area contributed by atoms with Gasteiger partial charge in [-0.25, -0.2) is 0 Å². The van der Waals surface area contributed by atoms with Gasteiger partial charge in [-0.1, -0.05) is 35.4 Å². The molecule has 186 valence electrons. The first-order valence-electron chi connectivity index (χ1n) is 11.0. The summed E-state index contributed by atoms with van der Waals surface area (Å²) in [6, 6.07) is 21.8. The van der Waals surface area contributed by atoms with E-state index in [1.807, 2.05) is 62.4 Å². The summed E-state index contributed by atoms with van der Waals surface area (Å²) >= 11 is 10.3. The lowest BCUT2D eigenvalue weighted by atomic mass is 10.2. The number of hydrogen-bond acceptors (Lipinski definition) is 6. The van der Waals surface area contributed by atoms with Crippen LogP contribution in [0.15, 0.2) is 72.8 Å². The Morgan fingerprint density at radius 2 is 0.944 bits per heavy atom. The SMILES string of the molecule is Cc1ccc(NC(=S)NC(=O)COc2ccc(OCC(=O)NC(=S)Nc3ccc(C)cc3)cc2)cc1. The first-order chi connectivity index (χ1) is 17.3. The standard InChI is InChI=1S/C26H26N4O4S2/c1-17-3-7-19(8-4-17)27-25(35)29-23(31)15-33-21-11-13-22(14-12-21)34-16-24(32)30-26(36)28-20-9-5-18(2)6-10-20/h3-14H,15-16H2,1-2H3,(H2,27,29,31,35)(H2,28,30,32,36). The molecule has 0 saturated carbocycles. The minimum atomic E-state index is -0.396. The van der Waals surface area contributed by atoms with Crippen LogP contribution in [0.25, 0.3) is 0 Å². The molecule has 3 rings (SSSR count). The fourth-order valence-electron chi connectivity index (χ4n) is 2.85. The quantitative estimate of drug-likeness (QED) is 0.328. The second-order valence-electron chi connectivity index (χ2n) is 7.79. The number of nitrogens with one attached hydrogen (secondary N) is 4. The van der Waals surface area contributed by atoms with Gasteiger partial charge in [-0.05, 0) is 86.8 Å². The van der Waals surface area contributed by atoms with Crippen molar-refractivity contribution in [3.8, 4) is 11.5 Å². The summed E-state index contributed by atoms with van der Waals surface area (Å²) in [7, 11) is 0. The highest BCUT2D eigenvalue weighted by Gasteiger charge is 2.08. The van der Waals surface area contributed by atoms with E-state index in [-0.39, 0.29) is 23.4 Å². The first kappa shape index (κ1) is 26.6. The van der Waals surface area contributed by atoms with E-state index < -0.39 is 11.8 Å². The van der Waals surface area contributed by atoms with Gasteiger partial charge >= 0.3 is 0 Å². The normalized spacial score (nSPS) is 10.1. The molecule has 2 amide bonds. The second kappa shape index (κ2) is 13.2. The van der Waals surface area contributed by atoms with Gasteiger partial charge in [-0.15, -0.1) is 0 Å². The van der Waals surface area contributed by atoms with E-state index in [4.69, 9.17) is 33.9 Å². The van der Waals surface area contributed by atoms with Gasteiger partial charge < -0.3 is 20.1 Å². The predicted octanol–water partition coefficient (Wildman–Crippen LogP) is 4.09. The molecule has 3 aromatic carbocycles. The zero-order valence-corrected chi connectivity index (χ0v) is 21.4. The molecular formula is C26H26N4O4S2. The lowest BCUT2D eigenvalue weighted by Gasteiger charge is -2.12. The maximum Gasteiger partial charge on any atom is 0.264 e. The Labute approximate surface area is 220 Å². The first-order valence-corrected chi connectivity index (χ1v) is 11.8. The number of rotatable bonds is 8. The van der Waals surface area contributed by atoms with Crippen molar-refractivity contribution in [2.75, 3.05) is 23.8 Å². The van der Waals surface area contributed by atoms with Crippen molar-refractivity contribution in [3.05, 3.63) is 83.9 Å². The van der Waals surface area contributed by atoms with E-state index in [0.717, 1.165) is 22.5 Å². The van der Waals surface area contributed by atoms with Crippen molar-refractivity contribution in [1.29, 1.82) is 0 Å². The van der Waals surface area contributed by atoms with Gasteiger partial charge in [0, 0.05) is 11.4 Å². The van der Waals surface area contributed by atoms with Crippen molar-refractivity contribution >= 4 is 57.8 Å². The maximum absolute atomic E-state index is 12.1. The molecule has 10 heteroatoms. The predicted molar refractivity (Wildman–Crippen MR) is 149 cm³/mol. The molecule has 0 radical (unpaired) electrons. The van der Waals surface area contributed by atoms with Crippen molar-refractivity contribution in [2.24, 2.45) is 0 Å². The van der Waals surface area contributed by atoms with Gasteiger partial charge in [0.05, 0.1) is 0 Å². The highest BCUT2D eigenvalue weighted by Crippen LogP contribution is 2.17. The van der Waals surface area contributed by atoms with Crippen LogP contribution in [-0.4, -0.2) is 35.3 Å². The van der Waals surface area contributed by atoms with Gasteiger partial charge in [0.2, 0.25) is 0 Å². The second-order valence-corrected chi connectivity index (χ2v) is 8.60. The third-order valence-corrected chi connectivity index (χ3v) is 5.10. The Kier molecular flexibility index (Phi) is 9.73. The number of hydrogen-bond donors (Lipinski definition) is 4. The Balaban J connectivity index is 1.35. The van der Waals surface area contributed by atoms with Gasteiger partial charge in [-0.2, -0.15) is 0 Å². The Hall–Kier alpha value is -4.02. The van der Waals surface area contributed by atoms with Crippen molar-refractivity contribution in [3.63, 3.8) is 0 Å². The number of carbonyl (C=O) groups excluding carboxylic acids is 2. The fourth-order valence-corrected chi connectivity index (χ4v) is 3.32. The third kappa shape index (κ3) is 9.32. The van der Waals surface area contributed by atoms with Gasteiger partial charge in [0.1, 0.15) is 11.5 Å². The molecule has 0 saturated heterocycles. The molecule has 36 heavy (non-hydrogen) atoms. The lowest BCUT2D eigenvalue weighted by Crippen LogP contribution is -2.37. The molecule has 0 aliphatic carbocycles. The number of thiocarbonyl (C=S) groups is 2. The molecule has 3 aromatic rings. The summed E-state index contributed by atoms with van der Waals surface area (Å²) in [6.07, 6.45) is 0. The zero-order valence-electron chi connectivity index (χ0n) is 19.8. The van der Waals surface area contributed by atoms with Crippen LogP contribution in [0.3, 0.4) is 0 Å². The summed E-state index contributed by atoms with van der Waals surface area (Å²) in [4.78, 5) is 24.2. The highest BCUT2D eigenvalue weighted by atomic mass is 32.1. The average Bonchev–Trinajstić information content (AvgIpc) is 2.85. The van der Waals surface area contributed by atoms with E-state index in [0.29, 0.717) is 11.5 Å². The van der Waals surface area contributed by atoms with Crippen LogP contribution in [0.1, 0.15) is 11.1 Å². The minimum Gasteiger partial charge on any atom is -0.484 e. The van der Waals surface area contributed by atoms with Crippen LogP contribution in [0.4, 0.5) is 11.4 Å². The monoisotopic (exact) mass is 522 g/mol. The smallest absolute Gasteiger partial charge is 0.264 e. The number of amides is 2. The van der Waals surface area contributed by atoms with Crippen LogP contribution in [0.2, 0.25) is 0 Å². The molecular weight excluding hydrogens is 496 g/mol. The van der Waals surface area contributed by atoms with E-state index in [1.165, 1.54) is 0 Å². The topological polar surface area (TPSA) is 101 Å². The molecule has 0 atom stereocenters. The number of carbonyl (C=O) groups is 2. The molecule has 0 aliphatic heterocycles. The maximum atomic E-state index is 12.1. The average molecular weight is 523 g/mol. The van der Waals surface area contributed by atoms with Gasteiger partial charge in [0.15, 0.2) is 23.4 Å². The van der Waals surface area contributed by atoms with E-state index in [2.05, 4.69) is 21.3 Å². The molecule has 0 unspecified atom stereocenters. The summed E-state index contributed by atoms with van der Waals surface area (Å²) in [5.41, 5.74) is 3.80. The molecule has 8 nitrogen and oxygen atoms in total. The van der Waals surface area contributed by atoms with Crippen LogP contribution in [0, 0.1) is 13.8 Å². The number of anilines is 2. The molecule has 0 aromatic heterocycles. The molecule has 0 spiro atoms. The van der Waals surface area contributed by atoms with Crippen LogP contribution < -0.4 is 30.7 Å². The molecule has 0 bridgehead atoms. The molecule has 4 N–H and O–H groups in total. The third-order valence-electron chi connectivity index (χ3n) is 4.69.